The molecule has 1 heterocycles. The molecule has 0 aromatic carbocycles. The molecule has 5 nitrogen and oxygen atoms in total. The molecule has 0 bridgehead atoms. The highest BCUT2D eigenvalue weighted by Gasteiger charge is 2.36. The van der Waals surface area contributed by atoms with Crippen molar-refractivity contribution in [2.45, 2.75) is 36.4 Å². The quantitative estimate of drug-likeness (QED) is 0.870. The van der Waals surface area contributed by atoms with Gasteiger partial charge in [-0.3, -0.25) is 4.79 Å². The summed E-state index contributed by atoms with van der Waals surface area (Å²) in [5.41, 5.74) is 0.669. The van der Waals surface area contributed by atoms with Crippen molar-refractivity contribution in [2.75, 3.05) is 0 Å². The molecule has 1 fully saturated rings. The van der Waals surface area contributed by atoms with Gasteiger partial charge < -0.3 is 5.11 Å². The molecule has 1 aliphatic carbocycles. The van der Waals surface area contributed by atoms with Crippen LogP contribution in [0.2, 0.25) is 4.34 Å². The highest BCUT2D eigenvalue weighted by molar-refractivity contribution is 7.91. The third-order valence-corrected chi connectivity index (χ3v) is 6.74. The first kappa shape index (κ1) is 14.8. The van der Waals surface area contributed by atoms with Gasteiger partial charge in [-0.2, -0.15) is 4.72 Å². The molecular formula is C11H14ClNO4S2. The van der Waals surface area contributed by atoms with Gasteiger partial charge in [-0.15, -0.1) is 11.3 Å². The highest BCUT2D eigenvalue weighted by atomic mass is 35.5. The van der Waals surface area contributed by atoms with E-state index < -0.39 is 22.0 Å². The van der Waals surface area contributed by atoms with Crippen LogP contribution in [0.5, 0.6) is 0 Å². The number of carboxylic acid groups (broad SMARTS) is 1. The van der Waals surface area contributed by atoms with Gasteiger partial charge in [0.25, 0.3) is 10.0 Å². The average molecular weight is 324 g/mol. The lowest BCUT2D eigenvalue weighted by Crippen LogP contribution is -2.47. The van der Waals surface area contributed by atoms with Gasteiger partial charge in [0, 0.05) is 0 Å². The number of aryl methyl sites for hydroxylation is 1. The minimum atomic E-state index is -3.82. The summed E-state index contributed by atoms with van der Waals surface area (Å²) in [7, 11) is -3.82. The lowest BCUT2D eigenvalue weighted by Gasteiger charge is -2.31. The average Bonchev–Trinajstić information content (AvgIpc) is 2.56. The van der Waals surface area contributed by atoms with Gasteiger partial charge in [-0.05, 0) is 37.3 Å². The Morgan fingerprint density at radius 2 is 2.21 bits per heavy atom. The number of carboxylic acids is 1. The summed E-state index contributed by atoms with van der Waals surface area (Å²) < 4.78 is 27.0. The van der Waals surface area contributed by atoms with Crippen molar-refractivity contribution >= 4 is 38.9 Å². The first-order chi connectivity index (χ1) is 8.81. The minimum Gasteiger partial charge on any atom is -0.480 e. The SMILES string of the molecule is Cc1cc(S(=O)(=O)NC(C(=O)O)C2CCC2)sc1Cl. The summed E-state index contributed by atoms with van der Waals surface area (Å²) >= 11 is 6.78. The molecule has 0 saturated heterocycles. The molecule has 1 aliphatic rings. The summed E-state index contributed by atoms with van der Waals surface area (Å²) in [5, 5.41) is 9.13. The molecule has 0 aliphatic heterocycles. The van der Waals surface area contributed by atoms with Gasteiger partial charge in [0.2, 0.25) is 0 Å². The van der Waals surface area contributed by atoms with Crippen LogP contribution in [0.4, 0.5) is 0 Å². The first-order valence-corrected chi connectivity index (χ1v) is 8.50. The molecule has 0 spiro atoms. The standard InChI is InChI=1S/C11H14ClNO4S2/c1-6-5-8(18-10(6)12)19(16,17)13-9(11(14)15)7-3-2-4-7/h5,7,9,13H,2-4H2,1H3,(H,14,15). The van der Waals surface area contributed by atoms with Crippen molar-refractivity contribution in [1.29, 1.82) is 0 Å². The zero-order valence-corrected chi connectivity index (χ0v) is 12.6. The van der Waals surface area contributed by atoms with Crippen LogP contribution in [0.1, 0.15) is 24.8 Å². The van der Waals surface area contributed by atoms with Crippen LogP contribution in [0, 0.1) is 12.8 Å². The molecule has 1 atom stereocenters. The third-order valence-electron chi connectivity index (χ3n) is 3.27. The van der Waals surface area contributed by atoms with Crippen LogP contribution in [-0.2, 0) is 14.8 Å². The van der Waals surface area contributed by atoms with Crippen LogP contribution < -0.4 is 4.72 Å². The number of aliphatic carboxylic acids is 1. The van der Waals surface area contributed by atoms with Gasteiger partial charge >= 0.3 is 5.97 Å². The summed E-state index contributed by atoms with van der Waals surface area (Å²) in [6, 6.07) is 0.398. The second-order valence-electron chi connectivity index (χ2n) is 4.65. The normalized spacial score (nSPS) is 18.0. The number of hydrogen-bond donors (Lipinski definition) is 2. The number of rotatable bonds is 5. The Hall–Kier alpha value is -0.630. The fourth-order valence-electron chi connectivity index (χ4n) is 1.91. The van der Waals surface area contributed by atoms with Crippen molar-refractivity contribution in [3.05, 3.63) is 16.0 Å². The van der Waals surface area contributed by atoms with Crippen LogP contribution in [0.25, 0.3) is 0 Å². The van der Waals surface area contributed by atoms with Crippen molar-refractivity contribution in [2.24, 2.45) is 5.92 Å². The van der Waals surface area contributed by atoms with E-state index in [1.54, 1.807) is 6.92 Å². The zero-order valence-electron chi connectivity index (χ0n) is 10.2. The van der Waals surface area contributed by atoms with E-state index in [0.717, 1.165) is 30.6 Å². The Morgan fingerprint density at radius 3 is 2.58 bits per heavy atom. The smallest absolute Gasteiger partial charge is 0.322 e. The number of thiophene rings is 1. The summed E-state index contributed by atoms with van der Waals surface area (Å²) in [4.78, 5) is 11.2. The van der Waals surface area contributed by atoms with E-state index in [1.807, 2.05) is 0 Å². The second kappa shape index (κ2) is 5.40. The molecule has 2 N–H and O–H groups in total. The molecule has 2 rings (SSSR count). The van der Waals surface area contributed by atoms with E-state index in [0.29, 0.717) is 9.90 Å². The highest BCUT2D eigenvalue weighted by Crippen LogP contribution is 2.33. The maximum absolute atomic E-state index is 12.1. The zero-order chi connectivity index (χ0) is 14.2. The minimum absolute atomic E-state index is 0.0561. The second-order valence-corrected chi connectivity index (χ2v) is 8.25. The van der Waals surface area contributed by atoms with E-state index in [4.69, 9.17) is 16.7 Å². The van der Waals surface area contributed by atoms with E-state index >= 15 is 0 Å². The van der Waals surface area contributed by atoms with Crippen molar-refractivity contribution in [3.8, 4) is 0 Å². The molecule has 19 heavy (non-hydrogen) atoms. The molecular weight excluding hydrogens is 310 g/mol. The first-order valence-electron chi connectivity index (χ1n) is 5.82. The number of halogens is 1. The van der Waals surface area contributed by atoms with Crippen molar-refractivity contribution in [1.82, 2.24) is 4.72 Å². The van der Waals surface area contributed by atoms with Gasteiger partial charge in [0.1, 0.15) is 10.3 Å². The van der Waals surface area contributed by atoms with E-state index in [1.165, 1.54) is 6.07 Å². The molecule has 1 unspecified atom stereocenters. The van der Waals surface area contributed by atoms with Gasteiger partial charge in [-0.25, -0.2) is 8.42 Å². The Labute approximate surface area is 120 Å². The summed E-state index contributed by atoms with van der Waals surface area (Å²) in [6.45, 7) is 1.71. The Morgan fingerprint density at radius 1 is 1.58 bits per heavy atom. The Bertz CT molecular complexity index is 572. The molecule has 1 aromatic rings. The Balaban J connectivity index is 2.21. The number of carbonyl (C=O) groups is 1. The van der Waals surface area contributed by atoms with Crippen LogP contribution in [0.3, 0.4) is 0 Å². The monoisotopic (exact) mass is 323 g/mol. The maximum Gasteiger partial charge on any atom is 0.322 e. The molecule has 0 radical (unpaired) electrons. The molecule has 1 aromatic heterocycles. The van der Waals surface area contributed by atoms with Crippen LogP contribution >= 0.6 is 22.9 Å². The van der Waals surface area contributed by atoms with E-state index in [9.17, 15) is 13.2 Å². The largest absolute Gasteiger partial charge is 0.480 e. The fraction of sp³-hybridized carbons (Fsp3) is 0.545. The van der Waals surface area contributed by atoms with Gasteiger partial charge in [0.15, 0.2) is 0 Å². The molecule has 8 heteroatoms. The van der Waals surface area contributed by atoms with Crippen molar-refractivity contribution in [3.63, 3.8) is 0 Å². The molecule has 106 valence electrons. The van der Waals surface area contributed by atoms with E-state index in [-0.39, 0.29) is 10.1 Å². The number of sulfonamides is 1. The Kier molecular flexibility index (Phi) is 4.20. The molecule has 0 amide bonds. The summed E-state index contributed by atoms with van der Waals surface area (Å²) in [5.74, 6) is -1.25. The summed E-state index contributed by atoms with van der Waals surface area (Å²) in [6.07, 6.45) is 2.42. The third kappa shape index (κ3) is 3.10. The predicted octanol–water partition coefficient (Wildman–Crippen LogP) is 2.24. The van der Waals surface area contributed by atoms with E-state index in [2.05, 4.69) is 4.72 Å². The molecule has 1 saturated carbocycles. The van der Waals surface area contributed by atoms with Crippen LogP contribution in [-0.4, -0.2) is 25.5 Å². The van der Waals surface area contributed by atoms with Crippen LogP contribution in [0.15, 0.2) is 10.3 Å². The maximum atomic E-state index is 12.1. The number of nitrogens with one attached hydrogen (secondary N) is 1. The lowest BCUT2D eigenvalue weighted by molar-refractivity contribution is -0.141. The van der Waals surface area contributed by atoms with Gasteiger partial charge in [0.05, 0.1) is 4.34 Å². The fourth-order valence-corrected chi connectivity index (χ4v) is 4.89. The van der Waals surface area contributed by atoms with Gasteiger partial charge in [-0.1, -0.05) is 18.0 Å². The lowest BCUT2D eigenvalue weighted by atomic mass is 9.80. The van der Waals surface area contributed by atoms with Crippen molar-refractivity contribution < 1.29 is 18.3 Å². The number of hydrogen-bond acceptors (Lipinski definition) is 4. The predicted molar refractivity (Wildman–Crippen MR) is 73.2 cm³/mol. The topological polar surface area (TPSA) is 83.5 Å².